The van der Waals surface area contributed by atoms with E-state index in [1.807, 2.05) is 6.92 Å². The van der Waals surface area contributed by atoms with E-state index in [1.165, 1.54) is 27.2 Å². The van der Waals surface area contributed by atoms with Crippen LogP contribution in [0.25, 0.3) is 22.4 Å². The fourth-order valence-corrected chi connectivity index (χ4v) is 7.32. The summed E-state index contributed by atoms with van der Waals surface area (Å²) in [6, 6.07) is 4.30. The molecule has 1 aliphatic rings. The van der Waals surface area contributed by atoms with E-state index in [2.05, 4.69) is 24.7 Å². The van der Waals surface area contributed by atoms with Crippen LogP contribution in [-0.2, 0) is 33.2 Å². The molecule has 19 heteroatoms. The Morgan fingerprint density at radius 2 is 1.74 bits per heavy atom. The minimum atomic E-state index is -4.08. The van der Waals surface area contributed by atoms with Crippen LogP contribution in [0.15, 0.2) is 27.9 Å². The van der Waals surface area contributed by atoms with Crippen molar-refractivity contribution in [2.24, 2.45) is 13.0 Å². The maximum Gasteiger partial charge on any atom is 0.294 e. The number of H-pyrrole nitrogens is 1. The molecule has 0 spiro atoms. The van der Waals surface area contributed by atoms with Crippen LogP contribution in [0.2, 0.25) is 0 Å². The van der Waals surface area contributed by atoms with Crippen LogP contribution < -0.4 is 10.3 Å². The zero-order valence-electron chi connectivity index (χ0n) is 25.7. The van der Waals surface area contributed by atoms with E-state index < -0.39 is 50.5 Å². The number of fused-ring (bicyclic) bond motifs is 1. The lowest BCUT2D eigenvalue weighted by Gasteiger charge is -2.41. The molecule has 1 aromatic carbocycles. The molecule has 0 saturated carbocycles. The number of aromatic amines is 1. The van der Waals surface area contributed by atoms with Gasteiger partial charge in [-0.1, -0.05) is 13.3 Å². The number of piperidine rings is 1. The molecule has 2 aromatic heterocycles. The lowest BCUT2D eigenvalue weighted by molar-refractivity contribution is -0.759. The van der Waals surface area contributed by atoms with Gasteiger partial charge in [-0.15, -0.1) is 20.2 Å². The molecule has 46 heavy (non-hydrogen) atoms. The lowest BCUT2D eigenvalue weighted by Crippen LogP contribution is -2.48. The van der Waals surface area contributed by atoms with Gasteiger partial charge in [-0.2, -0.15) is 9.40 Å². The maximum atomic E-state index is 13.8. The first-order valence-electron chi connectivity index (χ1n) is 14.8. The SMILES string of the molecule is CCCc1nn(C)c2c(=O)[nH]c(-c3cc(S(=O)(=O)N4CCC(C(O)(CCO[N+](=O)[O-])CCO[N+](=O)[O-])CC4)ccc3OCC)nc12. The minimum absolute atomic E-state index is 0.00114. The molecule has 252 valence electrons. The lowest BCUT2D eigenvalue weighted by atomic mass is 9.77. The van der Waals surface area contributed by atoms with Crippen molar-refractivity contribution in [3.8, 4) is 17.1 Å². The third-order valence-electron chi connectivity index (χ3n) is 8.07. The summed E-state index contributed by atoms with van der Waals surface area (Å²) in [5.74, 6) is -0.0955. The second-order valence-electron chi connectivity index (χ2n) is 10.9. The van der Waals surface area contributed by atoms with E-state index in [-0.39, 0.29) is 61.7 Å². The number of nitrogens with one attached hydrogen (secondary N) is 1. The summed E-state index contributed by atoms with van der Waals surface area (Å²) in [6.45, 7) is 3.13. The first-order chi connectivity index (χ1) is 21.8. The molecule has 2 N–H and O–H groups in total. The van der Waals surface area contributed by atoms with Crippen molar-refractivity contribution < 1.29 is 38.1 Å². The Morgan fingerprint density at radius 3 is 2.30 bits per heavy atom. The van der Waals surface area contributed by atoms with E-state index in [4.69, 9.17) is 4.74 Å². The largest absolute Gasteiger partial charge is 0.493 e. The average Bonchev–Trinajstić information content (AvgIpc) is 3.32. The molecule has 1 saturated heterocycles. The topological polar surface area (TPSA) is 235 Å². The van der Waals surface area contributed by atoms with Gasteiger partial charge in [-0.05, 0) is 50.3 Å². The van der Waals surface area contributed by atoms with Crippen molar-refractivity contribution in [3.63, 3.8) is 0 Å². The van der Waals surface area contributed by atoms with Gasteiger partial charge < -0.3 is 24.5 Å². The highest BCUT2D eigenvalue weighted by molar-refractivity contribution is 7.89. The maximum absolute atomic E-state index is 13.8. The number of nitrogens with zero attached hydrogens (tertiary/aromatic N) is 6. The molecule has 0 radical (unpaired) electrons. The molecule has 0 amide bonds. The van der Waals surface area contributed by atoms with Crippen LogP contribution in [-0.4, -0.2) is 86.3 Å². The summed E-state index contributed by atoms with van der Waals surface area (Å²) in [5.41, 5.74) is -0.434. The highest BCUT2D eigenvalue weighted by Gasteiger charge is 2.41. The van der Waals surface area contributed by atoms with Gasteiger partial charge in [0.2, 0.25) is 10.0 Å². The second-order valence-corrected chi connectivity index (χ2v) is 12.9. The predicted octanol–water partition coefficient (Wildman–Crippen LogP) is 2.00. The summed E-state index contributed by atoms with van der Waals surface area (Å²) in [4.78, 5) is 50.4. The number of hydrogen-bond acceptors (Lipinski definition) is 13. The van der Waals surface area contributed by atoms with E-state index in [0.29, 0.717) is 28.9 Å². The Labute approximate surface area is 263 Å². The summed E-state index contributed by atoms with van der Waals surface area (Å²) in [7, 11) is -2.43. The molecule has 3 heterocycles. The summed E-state index contributed by atoms with van der Waals surface area (Å²) in [5, 5.41) is 35.0. The number of ether oxygens (including phenoxy) is 1. The summed E-state index contributed by atoms with van der Waals surface area (Å²) < 4.78 is 36.2. The Kier molecular flexibility index (Phi) is 10.8. The van der Waals surface area contributed by atoms with Crippen LogP contribution >= 0.6 is 0 Å². The Balaban J connectivity index is 1.61. The van der Waals surface area contributed by atoms with Gasteiger partial charge in [-0.25, -0.2) is 13.4 Å². The van der Waals surface area contributed by atoms with Crippen molar-refractivity contribution >= 4 is 21.1 Å². The molecule has 1 aliphatic heterocycles. The van der Waals surface area contributed by atoms with Crippen molar-refractivity contribution in [2.75, 3.05) is 32.9 Å². The number of sulfonamides is 1. The zero-order chi connectivity index (χ0) is 33.6. The Bertz CT molecular complexity index is 1710. The number of rotatable bonds is 16. The van der Waals surface area contributed by atoms with Crippen LogP contribution in [0.3, 0.4) is 0 Å². The first-order valence-corrected chi connectivity index (χ1v) is 16.2. The van der Waals surface area contributed by atoms with Gasteiger partial charge in [0.1, 0.15) is 17.1 Å². The van der Waals surface area contributed by atoms with Crippen molar-refractivity contribution in [1.82, 2.24) is 24.1 Å². The molecular weight excluding hydrogens is 630 g/mol. The average molecular weight is 668 g/mol. The summed E-state index contributed by atoms with van der Waals surface area (Å²) in [6.07, 6.45) is 1.30. The third-order valence-corrected chi connectivity index (χ3v) is 9.96. The van der Waals surface area contributed by atoms with Gasteiger partial charge in [0, 0.05) is 33.0 Å². The van der Waals surface area contributed by atoms with Crippen LogP contribution in [0.1, 0.15) is 51.6 Å². The molecule has 0 atom stereocenters. The molecule has 1 fully saturated rings. The summed E-state index contributed by atoms with van der Waals surface area (Å²) >= 11 is 0. The Hall–Kier alpha value is -4.36. The van der Waals surface area contributed by atoms with Gasteiger partial charge >= 0.3 is 0 Å². The third kappa shape index (κ3) is 7.53. The molecule has 3 aromatic rings. The van der Waals surface area contributed by atoms with E-state index >= 15 is 0 Å². The molecule has 4 rings (SSSR count). The number of aryl methyl sites for hydroxylation is 2. The van der Waals surface area contributed by atoms with Crippen LogP contribution in [0.4, 0.5) is 0 Å². The quantitative estimate of drug-likeness (QED) is 0.164. The fourth-order valence-electron chi connectivity index (χ4n) is 5.83. The van der Waals surface area contributed by atoms with E-state index in [1.54, 1.807) is 14.0 Å². The predicted molar refractivity (Wildman–Crippen MR) is 161 cm³/mol. The molecule has 0 unspecified atom stereocenters. The highest BCUT2D eigenvalue weighted by Crippen LogP contribution is 2.37. The van der Waals surface area contributed by atoms with E-state index in [0.717, 1.165) is 6.42 Å². The number of aromatic nitrogens is 4. The smallest absolute Gasteiger partial charge is 0.294 e. The Morgan fingerprint density at radius 1 is 1.11 bits per heavy atom. The zero-order valence-corrected chi connectivity index (χ0v) is 26.5. The van der Waals surface area contributed by atoms with Gasteiger partial charge in [0.25, 0.3) is 15.7 Å². The van der Waals surface area contributed by atoms with Gasteiger partial charge in [-0.3, -0.25) is 9.48 Å². The second kappa shape index (κ2) is 14.4. The standard InChI is InChI=1S/C27H37N7O11S/c1-4-6-21-23-24(31(3)30-21)26(35)29-25(28-23)20-17-19(7-8-22(20)43-5-2)46(41,42)32-13-9-18(10-14-32)27(36,11-15-44-33(37)38)12-16-45-34(39)40/h7-8,17-18,36H,4-6,9-16H2,1-3H3,(H,28,29,35). The van der Waals surface area contributed by atoms with E-state index in [9.17, 15) is 38.5 Å². The monoisotopic (exact) mass is 667 g/mol. The molecule has 0 bridgehead atoms. The highest BCUT2D eigenvalue weighted by atomic mass is 32.2. The molecule has 0 aliphatic carbocycles. The van der Waals surface area contributed by atoms with Crippen molar-refractivity contribution in [3.05, 3.63) is 54.5 Å². The normalized spacial score (nSPS) is 14.8. The molecule has 18 nitrogen and oxygen atoms in total. The minimum Gasteiger partial charge on any atom is -0.493 e. The van der Waals surface area contributed by atoms with Crippen LogP contribution in [0.5, 0.6) is 5.75 Å². The number of benzene rings is 1. The number of hydrogen-bond donors (Lipinski definition) is 2. The van der Waals surface area contributed by atoms with Gasteiger partial charge in [0.15, 0.2) is 5.52 Å². The van der Waals surface area contributed by atoms with Gasteiger partial charge in [0.05, 0.1) is 41.6 Å². The van der Waals surface area contributed by atoms with Crippen LogP contribution in [0, 0.1) is 26.1 Å². The molecular formula is C27H37N7O11S. The van der Waals surface area contributed by atoms with Crippen molar-refractivity contribution in [2.45, 2.75) is 62.9 Å². The van der Waals surface area contributed by atoms with Crippen molar-refractivity contribution in [1.29, 1.82) is 0 Å². The first kappa shape index (κ1) is 34.5. The fraction of sp³-hybridized carbons (Fsp3) is 0.593. The number of aliphatic hydroxyl groups is 1.